The van der Waals surface area contributed by atoms with Gasteiger partial charge in [-0.25, -0.2) is 4.57 Å². The number of nitrogens with zero attached hydrogens (tertiary/aromatic N) is 1. The lowest BCUT2D eigenvalue weighted by Crippen LogP contribution is -2.45. The molecular formula is C67H136N2O6P+. The predicted octanol–water partition coefficient (Wildman–Crippen LogP) is 21.3. The molecule has 3 atom stereocenters. The second-order valence-electron chi connectivity index (χ2n) is 24.9. The highest BCUT2D eigenvalue weighted by atomic mass is 31.2. The molecule has 1 amide bonds. The number of nitrogens with one attached hydrogen (secondary N) is 1. The third kappa shape index (κ3) is 60.9. The minimum absolute atomic E-state index is 0.0655. The molecule has 0 heterocycles. The van der Waals surface area contributed by atoms with Gasteiger partial charge in [0.25, 0.3) is 0 Å². The van der Waals surface area contributed by atoms with E-state index in [1.807, 2.05) is 27.2 Å². The van der Waals surface area contributed by atoms with Gasteiger partial charge in [0.05, 0.1) is 39.9 Å². The summed E-state index contributed by atoms with van der Waals surface area (Å²) in [6.45, 7) is 4.89. The second-order valence-corrected chi connectivity index (χ2v) is 26.4. The molecule has 0 aliphatic rings. The highest BCUT2D eigenvalue weighted by Crippen LogP contribution is 2.43. The Kier molecular flexibility index (Phi) is 58.3. The molecule has 0 aromatic rings. The molecule has 0 aliphatic heterocycles. The molecule has 3 unspecified atom stereocenters. The van der Waals surface area contributed by atoms with Crippen molar-refractivity contribution in [3.8, 4) is 0 Å². The fourth-order valence-electron chi connectivity index (χ4n) is 10.7. The molecule has 0 bridgehead atoms. The number of rotatable bonds is 64. The molecule has 0 rings (SSSR count). The van der Waals surface area contributed by atoms with E-state index in [1.165, 1.54) is 308 Å². The van der Waals surface area contributed by atoms with Gasteiger partial charge in [0.2, 0.25) is 5.91 Å². The number of amides is 1. The van der Waals surface area contributed by atoms with Gasteiger partial charge in [-0.1, -0.05) is 347 Å². The van der Waals surface area contributed by atoms with Gasteiger partial charge in [-0.3, -0.25) is 13.8 Å². The number of carbonyl (C=O) groups is 1. The lowest BCUT2D eigenvalue weighted by Gasteiger charge is -2.25. The van der Waals surface area contributed by atoms with Gasteiger partial charge >= 0.3 is 7.82 Å². The van der Waals surface area contributed by atoms with E-state index >= 15 is 0 Å². The van der Waals surface area contributed by atoms with E-state index in [2.05, 4.69) is 19.2 Å². The van der Waals surface area contributed by atoms with Crippen molar-refractivity contribution < 1.29 is 32.9 Å². The Morgan fingerprint density at radius 3 is 0.974 bits per heavy atom. The van der Waals surface area contributed by atoms with Crippen LogP contribution >= 0.6 is 7.82 Å². The van der Waals surface area contributed by atoms with E-state index in [0.717, 1.165) is 32.1 Å². The number of allylic oxidation sites excluding steroid dienone is 1. The van der Waals surface area contributed by atoms with Crippen LogP contribution in [0, 0.1) is 0 Å². The largest absolute Gasteiger partial charge is 0.472 e. The summed E-state index contributed by atoms with van der Waals surface area (Å²) < 4.78 is 23.8. The summed E-state index contributed by atoms with van der Waals surface area (Å²) in [5.74, 6) is -0.167. The Hall–Kier alpha value is -0.760. The van der Waals surface area contributed by atoms with Crippen LogP contribution in [0.5, 0.6) is 0 Å². The van der Waals surface area contributed by atoms with E-state index in [0.29, 0.717) is 17.4 Å². The normalized spacial score (nSPS) is 13.7. The van der Waals surface area contributed by atoms with Crippen LogP contribution in [0.15, 0.2) is 12.2 Å². The van der Waals surface area contributed by atoms with E-state index in [9.17, 15) is 19.4 Å². The third-order valence-electron chi connectivity index (χ3n) is 16.0. The van der Waals surface area contributed by atoms with Crippen molar-refractivity contribution in [3.63, 3.8) is 0 Å². The number of aliphatic hydroxyl groups is 1. The van der Waals surface area contributed by atoms with Gasteiger partial charge in [-0.05, 0) is 19.3 Å². The summed E-state index contributed by atoms with van der Waals surface area (Å²) in [6.07, 6.45) is 74.9. The van der Waals surface area contributed by atoms with Crippen molar-refractivity contribution in [2.45, 2.75) is 373 Å². The molecule has 8 nitrogen and oxygen atoms in total. The first-order valence-electron chi connectivity index (χ1n) is 34.1. The van der Waals surface area contributed by atoms with Gasteiger partial charge in [-0.2, -0.15) is 0 Å². The maximum atomic E-state index is 13.0. The number of likely N-dealkylation sites (N-methyl/N-ethyl adjacent to an activating group) is 1. The average molecular weight is 1100 g/mol. The van der Waals surface area contributed by atoms with Gasteiger partial charge < -0.3 is 19.8 Å². The molecule has 3 N–H and O–H groups in total. The van der Waals surface area contributed by atoms with Crippen LogP contribution in [0.2, 0.25) is 0 Å². The van der Waals surface area contributed by atoms with Crippen LogP contribution < -0.4 is 5.32 Å². The number of hydrogen-bond donors (Lipinski definition) is 3. The molecule has 0 aromatic heterocycles. The number of quaternary nitrogens is 1. The number of aliphatic hydroxyl groups excluding tert-OH is 1. The first kappa shape index (κ1) is 75.2. The number of hydrogen-bond acceptors (Lipinski definition) is 5. The summed E-state index contributed by atoms with van der Waals surface area (Å²) in [7, 11) is 1.60. The molecule has 76 heavy (non-hydrogen) atoms. The van der Waals surface area contributed by atoms with Crippen LogP contribution in [0.25, 0.3) is 0 Å². The first-order valence-corrected chi connectivity index (χ1v) is 35.6. The van der Waals surface area contributed by atoms with Crippen LogP contribution in [0.4, 0.5) is 0 Å². The number of carbonyl (C=O) groups excluding carboxylic acids is 1. The molecule has 0 fully saturated rings. The quantitative estimate of drug-likeness (QED) is 0.0243. The van der Waals surface area contributed by atoms with Crippen LogP contribution in [0.3, 0.4) is 0 Å². The Morgan fingerprint density at radius 1 is 0.434 bits per heavy atom. The van der Waals surface area contributed by atoms with Crippen molar-refractivity contribution in [3.05, 3.63) is 12.2 Å². The van der Waals surface area contributed by atoms with Crippen LogP contribution in [-0.4, -0.2) is 73.4 Å². The Morgan fingerprint density at radius 2 is 0.697 bits per heavy atom. The highest BCUT2D eigenvalue weighted by Gasteiger charge is 2.28. The smallest absolute Gasteiger partial charge is 0.387 e. The number of phosphoric ester groups is 1. The van der Waals surface area contributed by atoms with E-state index in [4.69, 9.17) is 9.05 Å². The second kappa shape index (κ2) is 58.9. The monoisotopic (exact) mass is 1100 g/mol. The molecule has 0 saturated carbocycles. The Bertz CT molecular complexity index is 1240. The topological polar surface area (TPSA) is 105 Å². The van der Waals surface area contributed by atoms with Crippen LogP contribution in [0.1, 0.15) is 361 Å². The lowest BCUT2D eigenvalue weighted by atomic mass is 10.0. The van der Waals surface area contributed by atoms with Crippen molar-refractivity contribution >= 4 is 13.7 Å². The summed E-state index contributed by atoms with van der Waals surface area (Å²) in [5, 5.41) is 14.0. The zero-order chi connectivity index (χ0) is 55.6. The Labute approximate surface area is 475 Å². The first-order chi connectivity index (χ1) is 37.0. The zero-order valence-electron chi connectivity index (χ0n) is 52.0. The molecule has 0 aliphatic carbocycles. The Balaban J connectivity index is 4.06. The van der Waals surface area contributed by atoms with Gasteiger partial charge in [0.15, 0.2) is 0 Å². The standard InChI is InChI=1S/C67H135N2O6P/c1-6-8-10-12-14-16-18-20-22-24-26-28-30-32-34-36-38-40-42-44-46-48-50-52-54-56-58-60-66(70)65(64-75-76(72,73)74-63-62-69(3,4)5)68-67(71)61-59-57-55-53-51-49-47-45-43-41-39-37-35-33-31-29-27-25-23-21-19-17-15-13-11-9-7-2/h58,60,65-66,70H,6-57,59,61-64H2,1-5H3,(H-,68,71,72,73)/p+1/b60-58+. The van der Waals surface area contributed by atoms with Gasteiger partial charge in [-0.15, -0.1) is 0 Å². The van der Waals surface area contributed by atoms with Gasteiger partial charge in [0, 0.05) is 6.42 Å². The van der Waals surface area contributed by atoms with Crippen molar-refractivity contribution in [1.29, 1.82) is 0 Å². The van der Waals surface area contributed by atoms with E-state index in [-0.39, 0.29) is 19.1 Å². The lowest BCUT2D eigenvalue weighted by molar-refractivity contribution is -0.870. The highest BCUT2D eigenvalue weighted by molar-refractivity contribution is 7.47. The minimum Gasteiger partial charge on any atom is -0.387 e. The molecule has 0 saturated heterocycles. The zero-order valence-corrected chi connectivity index (χ0v) is 52.9. The molecule has 454 valence electrons. The summed E-state index contributed by atoms with van der Waals surface area (Å²) >= 11 is 0. The fraction of sp³-hybridized carbons (Fsp3) is 0.955. The summed E-state index contributed by atoms with van der Waals surface area (Å²) in [4.78, 5) is 23.4. The molecule has 9 heteroatoms. The maximum absolute atomic E-state index is 13.0. The maximum Gasteiger partial charge on any atom is 0.472 e. The SMILES string of the molecule is CCCCCCCCCCCCCCCCCCCCCCCCCCC/C=C/C(O)C(COP(=O)(O)OCC[N+](C)(C)C)NC(=O)CCCCCCCCCCCCCCCCCCCCCCCCCCCCC. The van der Waals surface area contributed by atoms with E-state index in [1.54, 1.807) is 6.08 Å². The molecular weight excluding hydrogens is 960 g/mol. The van der Waals surface area contributed by atoms with Gasteiger partial charge in [0.1, 0.15) is 13.2 Å². The average Bonchev–Trinajstić information content (AvgIpc) is 3.38. The molecule has 0 radical (unpaired) electrons. The van der Waals surface area contributed by atoms with E-state index < -0.39 is 20.0 Å². The third-order valence-corrected chi connectivity index (χ3v) is 17.0. The fourth-order valence-corrected chi connectivity index (χ4v) is 11.4. The van der Waals surface area contributed by atoms with Crippen molar-refractivity contribution in [1.82, 2.24) is 5.32 Å². The summed E-state index contributed by atoms with van der Waals surface area (Å²) in [6, 6.07) is -0.843. The minimum atomic E-state index is -4.35. The number of unbranched alkanes of at least 4 members (excludes halogenated alkanes) is 51. The summed E-state index contributed by atoms with van der Waals surface area (Å²) in [5.41, 5.74) is 0. The number of phosphoric acid groups is 1. The molecule has 0 aromatic carbocycles. The van der Waals surface area contributed by atoms with Crippen molar-refractivity contribution in [2.24, 2.45) is 0 Å². The van der Waals surface area contributed by atoms with Crippen molar-refractivity contribution in [2.75, 3.05) is 40.9 Å². The molecule has 0 spiro atoms. The van der Waals surface area contributed by atoms with Crippen LogP contribution in [-0.2, 0) is 18.4 Å². The predicted molar refractivity (Wildman–Crippen MR) is 332 cm³/mol.